The van der Waals surface area contributed by atoms with Gasteiger partial charge in [0.1, 0.15) is 16.7 Å². The quantitative estimate of drug-likeness (QED) is 0.870. The molecule has 2 aromatic carbocycles. The molecule has 0 saturated carbocycles. The monoisotopic (exact) mass is 367 g/mol. The fourth-order valence-electron chi connectivity index (χ4n) is 3.12. The Kier molecular flexibility index (Phi) is 4.38. The molecule has 7 heteroatoms. The van der Waals surface area contributed by atoms with Crippen LogP contribution in [0.4, 0.5) is 11.4 Å². The number of nitrogens with one attached hydrogen (secondary N) is 2. The van der Waals surface area contributed by atoms with Crippen molar-refractivity contribution >= 4 is 40.1 Å². The third-order valence-corrected chi connectivity index (χ3v) is 5.41. The van der Waals surface area contributed by atoms with E-state index in [-0.39, 0.29) is 11.8 Å². The maximum Gasteiger partial charge on any atom is 0.240 e. The summed E-state index contributed by atoms with van der Waals surface area (Å²) in [5.74, 6) is -0.231. The second kappa shape index (κ2) is 6.84. The summed E-state index contributed by atoms with van der Waals surface area (Å²) in [5, 5.41) is 5.56. The van der Waals surface area contributed by atoms with Gasteiger partial charge in [0.25, 0.3) is 0 Å². The second-order valence-corrected chi connectivity index (χ2v) is 7.03. The van der Waals surface area contributed by atoms with Crippen LogP contribution in [0.1, 0.15) is 18.4 Å². The number of ether oxygens (including phenoxy) is 1. The number of nitrogens with zero attached hydrogens (tertiary/aromatic N) is 1. The first-order valence-electron chi connectivity index (χ1n) is 8.35. The van der Waals surface area contributed by atoms with Crippen LogP contribution in [0, 0.1) is 0 Å². The maximum absolute atomic E-state index is 12.5. The Bertz CT molecular complexity index is 912. The first kappa shape index (κ1) is 16.7. The zero-order valence-corrected chi connectivity index (χ0v) is 14.9. The molecule has 2 heterocycles. The summed E-state index contributed by atoms with van der Waals surface area (Å²) >= 11 is 1.28. The molecule has 0 aromatic heterocycles. The van der Waals surface area contributed by atoms with Gasteiger partial charge in [0.2, 0.25) is 11.8 Å². The maximum atomic E-state index is 12.5. The summed E-state index contributed by atoms with van der Waals surface area (Å²) in [4.78, 5) is 29.4. The molecule has 2 aliphatic rings. The predicted octanol–water partition coefficient (Wildman–Crippen LogP) is 3.04. The minimum Gasteiger partial charge on any atom is -0.492 e. The molecular formula is C19H17N3O3S. The molecule has 4 rings (SSSR count). The van der Waals surface area contributed by atoms with Crippen molar-refractivity contribution in [3.63, 3.8) is 0 Å². The number of anilines is 1. The molecule has 1 saturated heterocycles. The van der Waals surface area contributed by atoms with Gasteiger partial charge in [-0.05, 0) is 30.7 Å². The lowest BCUT2D eigenvalue weighted by Crippen LogP contribution is -2.31. The molecule has 0 radical (unpaired) electrons. The van der Waals surface area contributed by atoms with Crippen molar-refractivity contribution in [2.45, 2.75) is 18.1 Å². The molecule has 2 N–H and O–H groups in total. The molecule has 0 bridgehead atoms. The number of carbonyl (C=O) groups excluding carboxylic acids is 2. The molecule has 2 aliphatic heterocycles. The van der Waals surface area contributed by atoms with Gasteiger partial charge in [-0.1, -0.05) is 42.1 Å². The highest BCUT2D eigenvalue weighted by Crippen LogP contribution is 2.41. The number of hydrogen-bond donors (Lipinski definition) is 2. The van der Waals surface area contributed by atoms with Crippen molar-refractivity contribution in [2.75, 3.05) is 11.9 Å². The van der Waals surface area contributed by atoms with Crippen LogP contribution in [0.25, 0.3) is 0 Å². The van der Waals surface area contributed by atoms with Gasteiger partial charge in [0.15, 0.2) is 5.17 Å². The molecule has 0 aliphatic carbocycles. The van der Waals surface area contributed by atoms with E-state index in [1.165, 1.54) is 11.8 Å². The molecule has 2 aromatic rings. The van der Waals surface area contributed by atoms with Crippen molar-refractivity contribution in [3.8, 4) is 5.75 Å². The first-order chi connectivity index (χ1) is 12.7. The summed E-state index contributed by atoms with van der Waals surface area (Å²) in [7, 11) is 0. The van der Waals surface area contributed by atoms with E-state index in [0.717, 1.165) is 11.3 Å². The van der Waals surface area contributed by atoms with Gasteiger partial charge < -0.3 is 15.4 Å². The fraction of sp³-hybridized carbons (Fsp3) is 0.211. The van der Waals surface area contributed by atoms with Crippen LogP contribution in [0.3, 0.4) is 0 Å². The SMILES string of the molecule is CCOc1ccccc1N=C1NC(=O)[C@H]([C@@H]2C(=O)Nc3ccccc32)S1. The van der Waals surface area contributed by atoms with E-state index in [2.05, 4.69) is 15.6 Å². The molecule has 2 atom stereocenters. The molecule has 2 amide bonds. The van der Waals surface area contributed by atoms with E-state index in [9.17, 15) is 9.59 Å². The van der Waals surface area contributed by atoms with Gasteiger partial charge in [-0.15, -0.1) is 0 Å². The molecule has 132 valence electrons. The van der Waals surface area contributed by atoms with Crippen LogP contribution in [-0.4, -0.2) is 28.8 Å². The van der Waals surface area contributed by atoms with Gasteiger partial charge >= 0.3 is 0 Å². The average molecular weight is 367 g/mol. The third-order valence-electron chi connectivity index (χ3n) is 4.25. The summed E-state index contributed by atoms with van der Waals surface area (Å²) in [5.41, 5.74) is 2.26. The van der Waals surface area contributed by atoms with Crippen molar-refractivity contribution < 1.29 is 14.3 Å². The minimum atomic E-state index is -0.545. The lowest BCUT2D eigenvalue weighted by Gasteiger charge is -2.12. The van der Waals surface area contributed by atoms with E-state index in [1.54, 1.807) is 0 Å². The number of benzene rings is 2. The molecule has 0 unspecified atom stereocenters. The Morgan fingerprint density at radius 3 is 2.65 bits per heavy atom. The van der Waals surface area contributed by atoms with E-state index >= 15 is 0 Å². The number of aliphatic imine (C=N–C) groups is 1. The van der Waals surface area contributed by atoms with Crippen molar-refractivity contribution in [1.29, 1.82) is 0 Å². The predicted molar refractivity (Wildman–Crippen MR) is 102 cm³/mol. The Balaban J connectivity index is 1.61. The van der Waals surface area contributed by atoms with Gasteiger partial charge in [-0.3, -0.25) is 9.59 Å². The first-order valence-corrected chi connectivity index (χ1v) is 9.23. The number of para-hydroxylation sites is 3. The van der Waals surface area contributed by atoms with Crippen LogP contribution in [-0.2, 0) is 9.59 Å². The van der Waals surface area contributed by atoms with Gasteiger partial charge in [0, 0.05) is 5.69 Å². The minimum absolute atomic E-state index is 0.158. The van der Waals surface area contributed by atoms with Crippen LogP contribution >= 0.6 is 11.8 Å². The Hall–Kier alpha value is -2.80. The highest BCUT2D eigenvalue weighted by molar-refractivity contribution is 8.15. The van der Waals surface area contributed by atoms with Gasteiger partial charge in [-0.25, -0.2) is 4.99 Å². The fourth-order valence-corrected chi connectivity index (χ4v) is 4.25. The number of carbonyl (C=O) groups is 2. The van der Waals surface area contributed by atoms with E-state index < -0.39 is 11.2 Å². The van der Waals surface area contributed by atoms with E-state index in [0.29, 0.717) is 23.2 Å². The third kappa shape index (κ3) is 2.94. The number of hydrogen-bond acceptors (Lipinski definition) is 5. The standard InChI is InChI=1S/C19H17N3O3S/c1-2-25-14-10-6-5-9-13(14)21-19-22-18(24)16(26-19)15-11-7-3-4-8-12(11)20-17(15)23/h3-10,15-16H,2H2,1H3,(H,20,23)(H,21,22,24)/t15-,16+/m1/s1. The lowest BCUT2D eigenvalue weighted by atomic mass is 9.96. The molecular weight excluding hydrogens is 350 g/mol. The molecule has 6 nitrogen and oxygen atoms in total. The number of fused-ring (bicyclic) bond motifs is 1. The number of rotatable bonds is 4. The summed E-state index contributed by atoms with van der Waals surface area (Å²) in [6.45, 7) is 2.44. The van der Waals surface area contributed by atoms with E-state index in [1.807, 2.05) is 55.5 Å². The van der Waals surface area contributed by atoms with Crippen molar-refractivity contribution in [3.05, 3.63) is 54.1 Å². The van der Waals surface area contributed by atoms with Crippen molar-refractivity contribution in [1.82, 2.24) is 5.32 Å². The zero-order valence-electron chi connectivity index (χ0n) is 14.1. The topological polar surface area (TPSA) is 79.8 Å². The largest absolute Gasteiger partial charge is 0.492 e. The lowest BCUT2D eigenvalue weighted by molar-refractivity contribution is -0.123. The highest BCUT2D eigenvalue weighted by Gasteiger charge is 2.45. The van der Waals surface area contributed by atoms with E-state index in [4.69, 9.17) is 4.74 Å². The second-order valence-electron chi connectivity index (χ2n) is 5.90. The summed E-state index contributed by atoms with van der Waals surface area (Å²) < 4.78 is 5.57. The Morgan fingerprint density at radius 2 is 1.81 bits per heavy atom. The smallest absolute Gasteiger partial charge is 0.240 e. The van der Waals surface area contributed by atoms with Gasteiger partial charge in [0.05, 0.1) is 12.5 Å². The Labute approximate surface area is 155 Å². The average Bonchev–Trinajstić information content (AvgIpc) is 3.15. The van der Waals surface area contributed by atoms with Crippen molar-refractivity contribution in [2.24, 2.45) is 4.99 Å². The van der Waals surface area contributed by atoms with Crippen LogP contribution in [0.5, 0.6) is 5.75 Å². The van der Waals surface area contributed by atoms with Gasteiger partial charge in [-0.2, -0.15) is 0 Å². The van der Waals surface area contributed by atoms with Crippen LogP contribution in [0.15, 0.2) is 53.5 Å². The zero-order chi connectivity index (χ0) is 18.1. The number of thioether (sulfide) groups is 1. The summed E-state index contributed by atoms with van der Waals surface area (Å²) in [6, 6.07) is 14.9. The molecule has 0 spiro atoms. The highest BCUT2D eigenvalue weighted by atomic mass is 32.2. The molecule has 1 fully saturated rings. The summed E-state index contributed by atoms with van der Waals surface area (Å²) in [6.07, 6.45) is 0. The number of amidine groups is 1. The number of amides is 2. The normalized spacial score (nSPS) is 22.9. The van der Waals surface area contributed by atoms with Crippen LogP contribution < -0.4 is 15.4 Å². The van der Waals surface area contributed by atoms with Crippen LogP contribution in [0.2, 0.25) is 0 Å². The Morgan fingerprint density at radius 1 is 1.04 bits per heavy atom. The molecule has 26 heavy (non-hydrogen) atoms.